The van der Waals surface area contributed by atoms with E-state index in [-0.39, 0.29) is 0 Å². The predicted octanol–water partition coefficient (Wildman–Crippen LogP) is 3.13. The largest absolute Gasteiger partial charge is 0.313 e. The van der Waals surface area contributed by atoms with E-state index in [2.05, 4.69) is 49.2 Å². The second-order valence-electron chi connectivity index (χ2n) is 5.77. The summed E-state index contributed by atoms with van der Waals surface area (Å²) in [6.45, 7) is 3.92. The molecule has 0 spiro atoms. The molecule has 0 saturated heterocycles. The smallest absolute Gasteiger partial charge is 0.133 e. The van der Waals surface area contributed by atoms with E-state index >= 15 is 0 Å². The molecule has 7 heteroatoms. The van der Waals surface area contributed by atoms with Crippen molar-refractivity contribution in [1.29, 1.82) is 0 Å². The average Bonchev–Trinajstić information content (AvgIpc) is 3.31. The third kappa shape index (κ3) is 3.08. The molecule has 23 heavy (non-hydrogen) atoms. The van der Waals surface area contributed by atoms with Gasteiger partial charge in [0.25, 0.3) is 0 Å². The molecule has 3 aromatic rings. The Morgan fingerprint density at radius 1 is 1.35 bits per heavy atom. The van der Waals surface area contributed by atoms with Crippen LogP contribution in [0.25, 0.3) is 10.6 Å². The molecule has 3 aromatic heterocycles. The summed E-state index contributed by atoms with van der Waals surface area (Å²) in [5.74, 6) is 2.23. The molecule has 120 valence electrons. The number of rotatable bonds is 5. The Morgan fingerprint density at radius 2 is 2.30 bits per heavy atom. The van der Waals surface area contributed by atoms with E-state index in [1.807, 2.05) is 0 Å². The number of aromatic nitrogens is 4. The average molecular weight is 345 g/mol. The molecule has 5 nitrogen and oxygen atoms in total. The molecular weight excluding hydrogens is 326 g/mol. The lowest BCUT2D eigenvalue weighted by molar-refractivity contribution is 0.372. The van der Waals surface area contributed by atoms with Crippen LogP contribution in [0.4, 0.5) is 0 Å². The summed E-state index contributed by atoms with van der Waals surface area (Å²) in [5, 5.41) is 19.7. The maximum absolute atomic E-state index is 4.74. The van der Waals surface area contributed by atoms with Crippen LogP contribution in [0, 0.1) is 0 Å². The molecule has 0 fully saturated rings. The van der Waals surface area contributed by atoms with Crippen LogP contribution >= 0.6 is 22.7 Å². The quantitative estimate of drug-likeness (QED) is 0.772. The highest BCUT2D eigenvalue weighted by Gasteiger charge is 2.22. The Labute approximate surface area is 143 Å². The zero-order valence-electron chi connectivity index (χ0n) is 13.0. The molecule has 1 N–H and O–H groups in total. The first-order chi connectivity index (χ1) is 11.3. The molecule has 4 heterocycles. The van der Waals surface area contributed by atoms with Crippen LogP contribution in [-0.4, -0.2) is 25.8 Å². The number of aryl methyl sites for hydroxylation is 2. The van der Waals surface area contributed by atoms with Crippen LogP contribution in [-0.2, 0) is 25.9 Å². The van der Waals surface area contributed by atoms with Crippen LogP contribution < -0.4 is 5.32 Å². The van der Waals surface area contributed by atoms with Gasteiger partial charge in [-0.2, -0.15) is 11.3 Å². The molecule has 0 radical (unpaired) electrons. The Kier molecular flexibility index (Phi) is 4.24. The summed E-state index contributed by atoms with van der Waals surface area (Å²) < 4.78 is 2.28. The van der Waals surface area contributed by atoms with Crippen molar-refractivity contribution in [3.8, 4) is 10.6 Å². The van der Waals surface area contributed by atoms with Crippen LogP contribution in [0.1, 0.15) is 30.7 Å². The van der Waals surface area contributed by atoms with Gasteiger partial charge in [-0.1, -0.05) is 6.92 Å². The van der Waals surface area contributed by atoms with E-state index in [9.17, 15) is 0 Å². The lowest BCUT2D eigenvalue weighted by Gasteiger charge is -2.25. The van der Waals surface area contributed by atoms with E-state index in [1.54, 1.807) is 22.7 Å². The molecule has 0 saturated carbocycles. The highest BCUT2D eigenvalue weighted by molar-refractivity contribution is 7.14. The molecule has 0 aliphatic carbocycles. The van der Waals surface area contributed by atoms with E-state index in [4.69, 9.17) is 4.98 Å². The molecule has 0 unspecified atom stereocenters. The fourth-order valence-corrected chi connectivity index (χ4v) is 4.50. The van der Waals surface area contributed by atoms with Gasteiger partial charge in [-0.15, -0.1) is 21.5 Å². The van der Waals surface area contributed by atoms with Crippen molar-refractivity contribution in [3.63, 3.8) is 0 Å². The Morgan fingerprint density at radius 3 is 3.13 bits per heavy atom. The van der Waals surface area contributed by atoms with Crippen molar-refractivity contribution in [2.24, 2.45) is 0 Å². The normalized spacial score (nSPS) is 17.3. The number of thiophene rings is 1. The third-order valence-corrected chi connectivity index (χ3v) is 5.85. The summed E-state index contributed by atoms with van der Waals surface area (Å²) in [5.41, 5.74) is 2.35. The second kappa shape index (κ2) is 6.51. The van der Waals surface area contributed by atoms with Gasteiger partial charge in [-0.05, 0) is 17.9 Å². The molecule has 1 atom stereocenters. The topological polar surface area (TPSA) is 55.6 Å². The van der Waals surface area contributed by atoms with Crippen molar-refractivity contribution in [2.45, 2.75) is 45.3 Å². The van der Waals surface area contributed by atoms with Crippen LogP contribution in [0.2, 0.25) is 0 Å². The van der Waals surface area contributed by atoms with Crippen molar-refractivity contribution in [3.05, 3.63) is 39.5 Å². The van der Waals surface area contributed by atoms with Crippen molar-refractivity contribution in [1.82, 2.24) is 25.1 Å². The third-order valence-electron chi connectivity index (χ3n) is 4.23. The molecule has 1 aliphatic heterocycles. The number of thiazole rings is 1. The zero-order valence-corrected chi connectivity index (χ0v) is 14.7. The second-order valence-corrected chi connectivity index (χ2v) is 7.41. The molecule has 0 bridgehead atoms. The number of hydrogen-bond acceptors (Lipinski definition) is 6. The highest BCUT2D eigenvalue weighted by atomic mass is 32.1. The summed E-state index contributed by atoms with van der Waals surface area (Å²) in [4.78, 5) is 4.74. The minimum Gasteiger partial charge on any atom is -0.313 e. The van der Waals surface area contributed by atoms with Gasteiger partial charge in [0.2, 0.25) is 0 Å². The van der Waals surface area contributed by atoms with E-state index < -0.39 is 0 Å². The van der Waals surface area contributed by atoms with Gasteiger partial charge in [-0.3, -0.25) is 0 Å². The summed E-state index contributed by atoms with van der Waals surface area (Å²) >= 11 is 3.43. The minimum atomic E-state index is 0.468. The Balaban J connectivity index is 1.38. The van der Waals surface area contributed by atoms with Gasteiger partial charge < -0.3 is 9.88 Å². The van der Waals surface area contributed by atoms with Crippen LogP contribution in [0.3, 0.4) is 0 Å². The first kappa shape index (κ1) is 15.0. The number of hydrogen-bond donors (Lipinski definition) is 1. The monoisotopic (exact) mass is 345 g/mol. The molecule has 0 amide bonds. The van der Waals surface area contributed by atoms with E-state index in [0.717, 1.165) is 54.7 Å². The lowest BCUT2D eigenvalue weighted by Crippen LogP contribution is -2.37. The van der Waals surface area contributed by atoms with Crippen molar-refractivity contribution in [2.75, 3.05) is 0 Å². The molecule has 4 rings (SSSR count). The predicted molar refractivity (Wildman–Crippen MR) is 93.8 cm³/mol. The van der Waals surface area contributed by atoms with Gasteiger partial charge in [-0.25, -0.2) is 4.98 Å². The van der Waals surface area contributed by atoms with E-state index in [1.165, 1.54) is 5.56 Å². The lowest BCUT2D eigenvalue weighted by atomic mass is 10.1. The maximum Gasteiger partial charge on any atom is 0.133 e. The van der Waals surface area contributed by atoms with Crippen molar-refractivity contribution >= 4 is 22.7 Å². The molecular formula is C16H19N5S2. The molecule has 1 aliphatic rings. The summed E-state index contributed by atoms with van der Waals surface area (Å²) in [6.07, 6.45) is 3.06. The number of fused-ring (bicyclic) bond motifs is 1. The fraction of sp³-hybridized carbons (Fsp3) is 0.438. The van der Waals surface area contributed by atoms with Crippen LogP contribution in [0.15, 0.2) is 22.2 Å². The van der Waals surface area contributed by atoms with Gasteiger partial charge in [0.1, 0.15) is 16.7 Å². The Hall–Kier alpha value is -1.57. The van der Waals surface area contributed by atoms with Gasteiger partial charge in [0.05, 0.1) is 5.69 Å². The highest BCUT2D eigenvalue weighted by Crippen LogP contribution is 2.25. The SMILES string of the molecule is CCc1nnc2n1C[C@H](NCc1csc(-c3ccsc3)n1)CC2. The number of nitrogens with zero attached hydrogens (tertiary/aromatic N) is 4. The standard InChI is InChI=1S/C16H19N5S2/c1-2-14-19-20-15-4-3-12(8-21(14)15)17-7-13-10-23-16(18-13)11-5-6-22-9-11/h5-6,9-10,12,17H,2-4,7-8H2,1H3/t12-/m1/s1. The summed E-state index contributed by atoms with van der Waals surface area (Å²) in [7, 11) is 0. The van der Waals surface area contributed by atoms with Gasteiger partial charge in [0, 0.05) is 48.3 Å². The number of nitrogens with one attached hydrogen (secondary N) is 1. The van der Waals surface area contributed by atoms with Gasteiger partial charge >= 0.3 is 0 Å². The first-order valence-electron chi connectivity index (χ1n) is 7.94. The Bertz CT molecular complexity index is 761. The first-order valence-corrected chi connectivity index (χ1v) is 9.77. The van der Waals surface area contributed by atoms with E-state index in [0.29, 0.717) is 6.04 Å². The maximum atomic E-state index is 4.74. The summed E-state index contributed by atoms with van der Waals surface area (Å²) in [6, 6.07) is 2.59. The fourth-order valence-electron chi connectivity index (χ4n) is 2.97. The minimum absolute atomic E-state index is 0.468. The van der Waals surface area contributed by atoms with Gasteiger partial charge in [0.15, 0.2) is 0 Å². The zero-order chi connectivity index (χ0) is 15.6. The van der Waals surface area contributed by atoms with Crippen molar-refractivity contribution < 1.29 is 0 Å². The molecule has 0 aromatic carbocycles. The van der Waals surface area contributed by atoms with Crippen LogP contribution in [0.5, 0.6) is 0 Å².